The Morgan fingerprint density at radius 2 is 2.50 bits per heavy atom. The largest absolute Gasteiger partial charge is 0.352 e. The van der Waals surface area contributed by atoms with Gasteiger partial charge in [0.25, 0.3) is 5.91 Å². The van der Waals surface area contributed by atoms with Crippen molar-refractivity contribution in [2.45, 2.75) is 13.3 Å². The van der Waals surface area contributed by atoms with Gasteiger partial charge in [-0.15, -0.1) is 11.3 Å². The molecule has 0 fully saturated rings. The summed E-state index contributed by atoms with van der Waals surface area (Å²) in [7, 11) is 0. The zero-order valence-electron chi connectivity index (χ0n) is 7.92. The van der Waals surface area contributed by atoms with Crippen molar-refractivity contribution in [3.05, 3.63) is 32.9 Å². The highest BCUT2D eigenvalue weighted by molar-refractivity contribution is 9.11. The van der Waals surface area contributed by atoms with Crippen LogP contribution in [0.3, 0.4) is 0 Å². The molecule has 1 N–H and O–H groups in total. The number of rotatable bonds is 4. The summed E-state index contributed by atoms with van der Waals surface area (Å²) < 4.78 is 0.983. The Kier molecular flexibility index (Phi) is 4.90. The van der Waals surface area contributed by atoms with Crippen LogP contribution in [0.5, 0.6) is 0 Å². The second kappa shape index (κ2) is 5.98. The first-order valence-electron chi connectivity index (χ1n) is 4.37. The van der Waals surface area contributed by atoms with Crippen LogP contribution in [0.25, 0.3) is 0 Å². The minimum atomic E-state index is -0.00328. The zero-order valence-corrected chi connectivity index (χ0v) is 10.3. The van der Waals surface area contributed by atoms with Crippen LogP contribution in [-0.4, -0.2) is 12.5 Å². The van der Waals surface area contributed by atoms with Gasteiger partial charge in [0.05, 0.1) is 9.35 Å². The summed E-state index contributed by atoms with van der Waals surface area (Å²) in [6.07, 6.45) is 4.89. The van der Waals surface area contributed by atoms with E-state index in [9.17, 15) is 4.79 Å². The fraction of sp³-hybridized carbons (Fsp3) is 0.300. The van der Waals surface area contributed by atoms with E-state index in [1.54, 1.807) is 0 Å². The topological polar surface area (TPSA) is 29.1 Å². The van der Waals surface area contributed by atoms with Crippen LogP contribution in [0.1, 0.15) is 23.7 Å². The predicted octanol–water partition coefficient (Wildman–Crippen LogP) is 3.21. The molecule has 0 unspecified atom stereocenters. The summed E-state index contributed by atoms with van der Waals surface area (Å²) in [6.45, 7) is 2.66. The second-order valence-corrected chi connectivity index (χ2v) is 5.04. The quantitative estimate of drug-likeness (QED) is 0.663. The van der Waals surface area contributed by atoms with Crippen molar-refractivity contribution in [3.8, 4) is 0 Å². The molecule has 0 aliphatic heterocycles. The third kappa shape index (κ3) is 3.64. The minimum Gasteiger partial charge on any atom is -0.352 e. The molecule has 1 aromatic heterocycles. The van der Waals surface area contributed by atoms with E-state index >= 15 is 0 Å². The molecule has 14 heavy (non-hydrogen) atoms. The molecule has 76 valence electrons. The second-order valence-electron chi connectivity index (χ2n) is 2.75. The van der Waals surface area contributed by atoms with E-state index in [1.807, 2.05) is 30.5 Å². The third-order valence-electron chi connectivity index (χ3n) is 1.66. The van der Waals surface area contributed by atoms with Crippen molar-refractivity contribution in [1.82, 2.24) is 5.32 Å². The number of carbonyl (C=O) groups is 1. The first-order valence-corrected chi connectivity index (χ1v) is 6.04. The van der Waals surface area contributed by atoms with Crippen LogP contribution in [0.4, 0.5) is 0 Å². The van der Waals surface area contributed by atoms with Gasteiger partial charge in [-0.2, -0.15) is 0 Å². The average Bonchev–Trinajstić information content (AvgIpc) is 2.59. The van der Waals surface area contributed by atoms with E-state index in [4.69, 9.17) is 0 Å². The lowest BCUT2D eigenvalue weighted by Crippen LogP contribution is -2.23. The maximum absolute atomic E-state index is 11.5. The van der Waals surface area contributed by atoms with Gasteiger partial charge in [-0.3, -0.25) is 4.79 Å². The fourth-order valence-corrected chi connectivity index (χ4v) is 2.10. The lowest BCUT2D eigenvalue weighted by atomic mass is 10.3. The number of hydrogen-bond donors (Lipinski definition) is 1. The molecule has 0 bridgehead atoms. The van der Waals surface area contributed by atoms with Gasteiger partial charge < -0.3 is 5.32 Å². The van der Waals surface area contributed by atoms with E-state index in [2.05, 4.69) is 21.2 Å². The lowest BCUT2D eigenvalue weighted by molar-refractivity contribution is 0.0955. The first-order chi connectivity index (χ1) is 6.74. The van der Waals surface area contributed by atoms with Crippen LogP contribution >= 0.6 is 27.3 Å². The van der Waals surface area contributed by atoms with E-state index in [1.165, 1.54) is 11.3 Å². The average molecular weight is 274 g/mol. The Morgan fingerprint density at radius 1 is 1.71 bits per heavy atom. The summed E-state index contributed by atoms with van der Waals surface area (Å²) in [4.78, 5) is 11.5. The molecule has 0 radical (unpaired) electrons. The smallest absolute Gasteiger partial charge is 0.252 e. The number of carbonyl (C=O) groups excluding carboxylic acids is 1. The van der Waals surface area contributed by atoms with Crippen LogP contribution in [0.15, 0.2) is 27.4 Å². The molecular formula is C10H12BrNOS. The highest BCUT2D eigenvalue weighted by Crippen LogP contribution is 2.20. The van der Waals surface area contributed by atoms with Gasteiger partial charge >= 0.3 is 0 Å². The third-order valence-corrected chi connectivity index (χ3v) is 3.17. The van der Waals surface area contributed by atoms with Crippen molar-refractivity contribution >= 4 is 33.2 Å². The SMILES string of the molecule is C/C=C/CCNC(=O)c1csc(Br)c1. The summed E-state index contributed by atoms with van der Waals surface area (Å²) >= 11 is 4.84. The van der Waals surface area contributed by atoms with E-state index in [0.717, 1.165) is 15.8 Å². The monoisotopic (exact) mass is 273 g/mol. The number of amides is 1. The molecule has 1 rings (SSSR count). The molecule has 0 saturated carbocycles. The van der Waals surface area contributed by atoms with Gasteiger partial charge in [-0.25, -0.2) is 0 Å². The molecule has 0 saturated heterocycles. The Morgan fingerprint density at radius 3 is 3.07 bits per heavy atom. The number of halogens is 1. The standard InChI is InChI=1S/C10H12BrNOS/c1-2-3-4-5-12-10(13)8-6-9(11)14-7-8/h2-3,6-7H,4-5H2,1H3,(H,12,13)/b3-2+. The fourth-order valence-electron chi connectivity index (χ4n) is 0.967. The summed E-state index contributed by atoms with van der Waals surface area (Å²) in [5, 5.41) is 4.69. The predicted molar refractivity (Wildman–Crippen MR) is 63.8 cm³/mol. The lowest BCUT2D eigenvalue weighted by Gasteiger charge is -1.99. The van der Waals surface area contributed by atoms with E-state index in [-0.39, 0.29) is 5.91 Å². The van der Waals surface area contributed by atoms with Crippen molar-refractivity contribution in [2.24, 2.45) is 0 Å². The van der Waals surface area contributed by atoms with Crippen molar-refractivity contribution in [3.63, 3.8) is 0 Å². The molecule has 2 nitrogen and oxygen atoms in total. The highest BCUT2D eigenvalue weighted by atomic mass is 79.9. The molecule has 0 aliphatic carbocycles. The van der Waals surface area contributed by atoms with Gasteiger partial charge in [0.2, 0.25) is 0 Å². The minimum absolute atomic E-state index is 0.00328. The normalized spacial score (nSPS) is 10.7. The van der Waals surface area contributed by atoms with Gasteiger partial charge in [0.15, 0.2) is 0 Å². The molecule has 1 heterocycles. The van der Waals surface area contributed by atoms with Gasteiger partial charge in [0.1, 0.15) is 0 Å². The molecule has 0 aliphatic rings. The van der Waals surface area contributed by atoms with Crippen LogP contribution < -0.4 is 5.32 Å². The summed E-state index contributed by atoms with van der Waals surface area (Å²) in [5.74, 6) is -0.00328. The highest BCUT2D eigenvalue weighted by Gasteiger charge is 2.05. The molecule has 0 atom stereocenters. The maximum Gasteiger partial charge on any atom is 0.252 e. The molecule has 0 spiro atoms. The summed E-state index contributed by atoms with van der Waals surface area (Å²) in [5.41, 5.74) is 0.724. The molecule has 4 heteroatoms. The molecular weight excluding hydrogens is 262 g/mol. The Labute approximate surface area is 96.2 Å². The van der Waals surface area contributed by atoms with Gasteiger partial charge in [0, 0.05) is 11.9 Å². The number of thiophene rings is 1. The van der Waals surface area contributed by atoms with Crippen LogP contribution in [0, 0.1) is 0 Å². The number of hydrogen-bond acceptors (Lipinski definition) is 2. The molecule has 0 aromatic carbocycles. The zero-order chi connectivity index (χ0) is 10.4. The van der Waals surface area contributed by atoms with Crippen LogP contribution in [-0.2, 0) is 0 Å². The van der Waals surface area contributed by atoms with Crippen molar-refractivity contribution in [2.75, 3.05) is 6.54 Å². The maximum atomic E-state index is 11.5. The summed E-state index contributed by atoms with van der Waals surface area (Å²) in [6, 6.07) is 1.83. The Balaban J connectivity index is 2.35. The van der Waals surface area contributed by atoms with Crippen LogP contribution in [0.2, 0.25) is 0 Å². The number of nitrogens with one attached hydrogen (secondary N) is 1. The Bertz CT molecular complexity index is 333. The number of allylic oxidation sites excluding steroid dienone is 1. The Hall–Kier alpha value is -0.610. The molecule has 1 amide bonds. The van der Waals surface area contributed by atoms with Crippen molar-refractivity contribution < 1.29 is 4.79 Å². The van der Waals surface area contributed by atoms with E-state index < -0.39 is 0 Å². The first kappa shape index (κ1) is 11.5. The van der Waals surface area contributed by atoms with E-state index in [0.29, 0.717) is 6.54 Å². The van der Waals surface area contributed by atoms with Gasteiger partial charge in [-0.05, 0) is 35.3 Å². The van der Waals surface area contributed by atoms with Crippen molar-refractivity contribution in [1.29, 1.82) is 0 Å². The van der Waals surface area contributed by atoms with Gasteiger partial charge in [-0.1, -0.05) is 12.2 Å². The molecule has 1 aromatic rings.